The first-order valence-electron chi connectivity index (χ1n) is 9.74. The van der Waals surface area contributed by atoms with Gasteiger partial charge in [-0.2, -0.15) is 5.10 Å². The third kappa shape index (κ3) is 4.86. The molecule has 1 saturated heterocycles. The predicted octanol–water partition coefficient (Wildman–Crippen LogP) is 2.78. The van der Waals surface area contributed by atoms with Crippen molar-refractivity contribution in [3.63, 3.8) is 0 Å². The second kappa shape index (κ2) is 8.64. The summed E-state index contributed by atoms with van der Waals surface area (Å²) < 4.78 is 25.1. The Kier molecular flexibility index (Phi) is 5.93. The molecule has 1 aromatic heterocycles. The fraction of sp³-hybridized carbons (Fsp3) is 0.227. The zero-order valence-corrected chi connectivity index (χ0v) is 18.1. The molecule has 0 saturated carbocycles. The molecule has 2 aromatic carbocycles. The van der Waals surface area contributed by atoms with Crippen molar-refractivity contribution in [3.05, 3.63) is 82.1 Å². The number of anilines is 1. The van der Waals surface area contributed by atoms with Crippen LogP contribution in [0, 0.1) is 0 Å². The summed E-state index contributed by atoms with van der Waals surface area (Å²) in [7, 11) is -3.20. The van der Waals surface area contributed by atoms with Crippen molar-refractivity contribution in [1.82, 2.24) is 9.78 Å². The number of halogens is 1. The van der Waals surface area contributed by atoms with Crippen LogP contribution in [0.15, 0.2) is 71.5 Å². The summed E-state index contributed by atoms with van der Waals surface area (Å²) in [5.74, 6) is -0.449. The predicted molar refractivity (Wildman–Crippen MR) is 120 cm³/mol. The topological polar surface area (TPSA) is 89.3 Å². The molecule has 2 heterocycles. The van der Waals surface area contributed by atoms with Gasteiger partial charge in [0.2, 0.25) is 5.91 Å². The van der Waals surface area contributed by atoms with Crippen LogP contribution in [-0.2, 0) is 21.2 Å². The molecule has 0 N–H and O–H groups in total. The molecule has 3 aromatic rings. The lowest BCUT2D eigenvalue weighted by atomic mass is 10.1. The molecule has 1 aliphatic heterocycles. The molecule has 160 valence electrons. The number of aromatic nitrogens is 2. The number of sulfone groups is 1. The van der Waals surface area contributed by atoms with Crippen molar-refractivity contribution in [2.45, 2.75) is 19.0 Å². The monoisotopic (exact) mass is 457 g/mol. The summed E-state index contributed by atoms with van der Waals surface area (Å²) in [5.41, 5.74) is 1.46. The number of hydrogen-bond acceptors (Lipinski definition) is 5. The minimum Gasteiger partial charge on any atom is -0.307 e. The summed E-state index contributed by atoms with van der Waals surface area (Å²) in [6.07, 6.45) is 0.357. The molecule has 31 heavy (non-hydrogen) atoms. The van der Waals surface area contributed by atoms with Crippen molar-refractivity contribution in [2.24, 2.45) is 0 Å². The molecule has 0 bridgehead atoms. The molecule has 0 radical (unpaired) electrons. The molecule has 9 heteroatoms. The second-order valence-electron chi connectivity index (χ2n) is 7.38. The smallest absolute Gasteiger partial charge is 0.267 e. The summed E-state index contributed by atoms with van der Waals surface area (Å²) in [4.78, 5) is 27.1. The highest BCUT2D eigenvalue weighted by Gasteiger charge is 2.35. The molecular weight excluding hydrogens is 438 g/mol. The lowest BCUT2D eigenvalue weighted by Crippen LogP contribution is -2.44. The average Bonchev–Trinajstić information content (AvgIpc) is 3.10. The van der Waals surface area contributed by atoms with Crippen molar-refractivity contribution in [2.75, 3.05) is 16.4 Å². The van der Waals surface area contributed by atoms with Gasteiger partial charge < -0.3 is 4.90 Å². The number of nitrogens with zero attached hydrogens (tertiary/aromatic N) is 3. The van der Waals surface area contributed by atoms with Crippen molar-refractivity contribution < 1.29 is 13.2 Å². The lowest BCUT2D eigenvalue weighted by molar-refractivity contribution is -0.119. The van der Waals surface area contributed by atoms with Gasteiger partial charge in [-0.3, -0.25) is 9.59 Å². The Morgan fingerprint density at radius 2 is 1.77 bits per heavy atom. The molecule has 0 aliphatic carbocycles. The van der Waals surface area contributed by atoms with E-state index in [1.807, 2.05) is 6.07 Å². The van der Waals surface area contributed by atoms with Gasteiger partial charge in [-0.1, -0.05) is 41.9 Å². The minimum absolute atomic E-state index is 0.0402. The second-order valence-corrected chi connectivity index (χ2v) is 10.0. The van der Waals surface area contributed by atoms with Gasteiger partial charge in [0.25, 0.3) is 5.56 Å². The van der Waals surface area contributed by atoms with Gasteiger partial charge in [0.1, 0.15) is 6.54 Å². The first-order chi connectivity index (χ1) is 14.8. The summed E-state index contributed by atoms with van der Waals surface area (Å²) in [6, 6.07) is 18.4. The number of rotatable bonds is 5. The van der Waals surface area contributed by atoms with Crippen molar-refractivity contribution >= 4 is 33.0 Å². The van der Waals surface area contributed by atoms with E-state index in [2.05, 4.69) is 5.10 Å². The fourth-order valence-corrected chi connectivity index (χ4v) is 5.49. The van der Waals surface area contributed by atoms with Gasteiger partial charge in [-0.05, 0) is 36.8 Å². The maximum atomic E-state index is 13.3. The number of para-hydroxylation sites is 1. The highest BCUT2D eigenvalue weighted by atomic mass is 35.5. The third-order valence-corrected chi connectivity index (χ3v) is 7.17. The van der Waals surface area contributed by atoms with E-state index in [1.54, 1.807) is 54.6 Å². The first kappa shape index (κ1) is 21.3. The Hall–Kier alpha value is -2.97. The van der Waals surface area contributed by atoms with E-state index in [4.69, 9.17) is 11.6 Å². The van der Waals surface area contributed by atoms with Gasteiger partial charge in [0.15, 0.2) is 9.84 Å². The van der Waals surface area contributed by atoms with Gasteiger partial charge in [-0.25, -0.2) is 13.1 Å². The van der Waals surface area contributed by atoms with E-state index >= 15 is 0 Å². The summed E-state index contributed by atoms with van der Waals surface area (Å²) in [5, 5.41) is 4.92. The van der Waals surface area contributed by atoms with E-state index in [0.717, 1.165) is 10.2 Å². The Bertz CT molecular complexity index is 1260. The fourth-order valence-electron chi connectivity index (χ4n) is 3.67. The van der Waals surface area contributed by atoms with Crippen molar-refractivity contribution in [3.8, 4) is 11.3 Å². The molecule has 7 nitrogen and oxygen atoms in total. The summed E-state index contributed by atoms with van der Waals surface area (Å²) in [6.45, 7) is -0.300. The van der Waals surface area contributed by atoms with Gasteiger partial charge in [-0.15, -0.1) is 0 Å². The maximum Gasteiger partial charge on any atom is 0.267 e. The molecule has 1 amide bonds. The Morgan fingerprint density at radius 3 is 2.42 bits per heavy atom. The number of hydrogen-bond donors (Lipinski definition) is 0. The molecule has 4 rings (SSSR count). The number of benzene rings is 2. The lowest BCUT2D eigenvalue weighted by Gasteiger charge is -2.28. The molecular formula is C22H20ClN3O4S. The van der Waals surface area contributed by atoms with Crippen LogP contribution in [0.1, 0.15) is 6.42 Å². The number of amides is 1. The normalized spacial score (nSPS) is 17.4. The number of carbonyl (C=O) groups is 1. The van der Waals surface area contributed by atoms with Crippen molar-refractivity contribution in [1.29, 1.82) is 0 Å². The first-order valence-corrected chi connectivity index (χ1v) is 11.9. The zero-order chi connectivity index (χ0) is 22.0. The SMILES string of the molecule is O=C(Cn1nc(-c2ccc(Cl)cc2)ccc1=O)N(c1ccccc1)[C@H]1CCS(=O)(=O)C1. The van der Waals surface area contributed by atoms with Crippen LogP contribution >= 0.6 is 11.6 Å². The zero-order valence-electron chi connectivity index (χ0n) is 16.5. The largest absolute Gasteiger partial charge is 0.307 e. The molecule has 1 atom stereocenters. The quantitative estimate of drug-likeness (QED) is 0.587. The van der Waals surface area contributed by atoms with E-state index in [-0.39, 0.29) is 18.1 Å². The van der Waals surface area contributed by atoms with Crippen LogP contribution in [-0.4, -0.2) is 41.7 Å². The Labute approximate surface area is 184 Å². The molecule has 1 fully saturated rings. The van der Waals surface area contributed by atoms with Crippen LogP contribution in [0.5, 0.6) is 0 Å². The van der Waals surface area contributed by atoms with Crippen LogP contribution in [0.25, 0.3) is 11.3 Å². The van der Waals surface area contributed by atoms with Gasteiger partial charge >= 0.3 is 0 Å². The number of carbonyl (C=O) groups excluding carboxylic acids is 1. The average molecular weight is 458 g/mol. The molecule has 0 spiro atoms. The van der Waals surface area contributed by atoms with Crippen LogP contribution in [0.2, 0.25) is 5.02 Å². The Balaban J connectivity index is 1.65. The van der Waals surface area contributed by atoms with E-state index in [9.17, 15) is 18.0 Å². The standard InChI is InChI=1S/C22H20ClN3O4S/c23-17-8-6-16(7-9-17)20-10-11-21(27)25(24-20)14-22(28)26(18-4-2-1-3-5-18)19-12-13-31(29,30)15-19/h1-11,19H,12-15H2/t19-/m0/s1. The highest BCUT2D eigenvalue weighted by molar-refractivity contribution is 7.91. The molecule has 0 unspecified atom stereocenters. The minimum atomic E-state index is -3.20. The van der Waals surface area contributed by atoms with Crippen LogP contribution in [0.3, 0.4) is 0 Å². The van der Waals surface area contributed by atoms with E-state index < -0.39 is 27.3 Å². The third-order valence-electron chi connectivity index (χ3n) is 5.17. The van der Waals surface area contributed by atoms with Gasteiger partial charge in [0, 0.05) is 22.3 Å². The van der Waals surface area contributed by atoms with Crippen LogP contribution in [0.4, 0.5) is 5.69 Å². The van der Waals surface area contributed by atoms with Crippen LogP contribution < -0.4 is 10.5 Å². The Morgan fingerprint density at radius 1 is 1.06 bits per heavy atom. The highest BCUT2D eigenvalue weighted by Crippen LogP contribution is 2.25. The van der Waals surface area contributed by atoms with E-state index in [0.29, 0.717) is 22.8 Å². The maximum absolute atomic E-state index is 13.3. The summed E-state index contributed by atoms with van der Waals surface area (Å²) >= 11 is 5.93. The van der Waals surface area contributed by atoms with E-state index in [1.165, 1.54) is 11.0 Å². The van der Waals surface area contributed by atoms with Gasteiger partial charge in [0.05, 0.1) is 23.2 Å². The molecule has 1 aliphatic rings.